The number of amides is 1. The summed E-state index contributed by atoms with van der Waals surface area (Å²) >= 11 is 0. The standard InChI is InChI=1S/C21H25NO3/c1-4-25-19(23)16-22(15-17-11-7-5-8-12-17)20(24)21(2,3)18-13-9-6-10-14-18/h5-14H,4,15-16H2,1-3H3. The number of hydrogen-bond acceptors (Lipinski definition) is 3. The fraction of sp³-hybridized carbons (Fsp3) is 0.333. The van der Waals surface area contributed by atoms with E-state index in [9.17, 15) is 9.59 Å². The van der Waals surface area contributed by atoms with Gasteiger partial charge in [0.1, 0.15) is 6.54 Å². The molecule has 0 heterocycles. The predicted molar refractivity (Wildman–Crippen MR) is 98.0 cm³/mol. The van der Waals surface area contributed by atoms with Gasteiger partial charge in [0.25, 0.3) is 0 Å². The minimum Gasteiger partial charge on any atom is -0.465 e. The molecular weight excluding hydrogens is 314 g/mol. The average Bonchev–Trinajstić information content (AvgIpc) is 2.62. The van der Waals surface area contributed by atoms with Gasteiger partial charge in [-0.3, -0.25) is 9.59 Å². The number of nitrogens with zero attached hydrogens (tertiary/aromatic N) is 1. The Balaban J connectivity index is 2.26. The first-order valence-electron chi connectivity index (χ1n) is 8.49. The van der Waals surface area contributed by atoms with Gasteiger partial charge >= 0.3 is 5.97 Å². The minimum absolute atomic E-state index is 0.0577. The van der Waals surface area contributed by atoms with Gasteiger partial charge in [-0.05, 0) is 31.9 Å². The zero-order valence-electron chi connectivity index (χ0n) is 15.1. The van der Waals surface area contributed by atoms with Gasteiger partial charge in [0, 0.05) is 6.54 Å². The van der Waals surface area contributed by atoms with Crippen molar-refractivity contribution in [3.05, 3.63) is 71.8 Å². The zero-order chi connectivity index (χ0) is 18.3. The third kappa shape index (κ3) is 4.92. The highest BCUT2D eigenvalue weighted by Gasteiger charge is 2.34. The maximum Gasteiger partial charge on any atom is 0.325 e. The smallest absolute Gasteiger partial charge is 0.325 e. The quantitative estimate of drug-likeness (QED) is 0.725. The monoisotopic (exact) mass is 339 g/mol. The second kappa shape index (κ2) is 8.47. The van der Waals surface area contributed by atoms with Crippen molar-refractivity contribution in [2.45, 2.75) is 32.7 Å². The van der Waals surface area contributed by atoms with Crippen LogP contribution < -0.4 is 0 Å². The van der Waals surface area contributed by atoms with E-state index in [1.54, 1.807) is 11.8 Å². The van der Waals surface area contributed by atoms with Crippen LogP contribution in [0.1, 0.15) is 31.9 Å². The van der Waals surface area contributed by atoms with E-state index in [2.05, 4.69) is 0 Å². The Hall–Kier alpha value is -2.62. The molecule has 132 valence electrons. The van der Waals surface area contributed by atoms with Crippen LogP contribution in [0.2, 0.25) is 0 Å². The minimum atomic E-state index is -0.734. The molecule has 2 aromatic carbocycles. The van der Waals surface area contributed by atoms with E-state index in [4.69, 9.17) is 4.74 Å². The summed E-state index contributed by atoms with van der Waals surface area (Å²) in [7, 11) is 0. The molecule has 0 N–H and O–H groups in total. The van der Waals surface area contributed by atoms with E-state index in [1.165, 1.54) is 0 Å². The maximum absolute atomic E-state index is 13.2. The molecule has 0 aromatic heterocycles. The Bertz CT molecular complexity index is 696. The molecule has 0 saturated heterocycles. The molecule has 0 bridgehead atoms. The van der Waals surface area contributed by atoms with Gasteiger partial charge in [0.2, 0.25) is 5.91 Å². The van der Waals surface area contributed by atoms with Gasteiger partial charge in [0.15, 0.2) is 0 Å². The molecule has 0 aliphatic heterocycles. The molecule has 0 radical (unpaired) electrons. The van der Waals surface area contributed by atoms with Crippen LogP contribution in [0.3, 0.4) is 0 Å². The summed E-state index contributed by atoms with van der Waals surface area (Å²) in [5.41, 5.74) is 1.16. The van der Waals surface area contributed by atoms with Crippen molar-refractivity contribution in [1.29, 1.82) is 0 Å². The molecule has 0 spiro atoms. The Morgan fingerprint density at radius 1 is 0.960 bits per heavy atom. The highest BCUT2D eigenvalue weighted by atomic mass is 16.5. The lowest BCUT2D eigenvalue weighted by molar-refractivity contribution is -0.151. The van der Waals surface area contributed by atoms with Crippen molar-refractivity contribution in [1.82, 2.24) is 4.90 Å². The Morgan fingerprint density at radius 3 is 2.08 bits per heavy atom. The van der Waals surface area contributed by atoms with Crippen molar-refractivity contribution in [2.24, 2.45) is 0 Å². The number of hydrogen-bond donors (Lipinski definition) is 0. The number of carbonyl (C=O) groups is 2. The van der Waals surface area contributed by atoms with Gasteiger partial charge in [-0.25, -0.2) is 0 Å². The van der Waals surface area contributed by atoms with Crippen molar-refractivity contribution in [2.75, 3.05) is 13.2 Å². The van der Waals surface area contributed by atoms with Crippen LogP contribution in [0.15, 0.2) is 60.7 Å². The number of benzene rings is 2. The molecule has 1 amide bonds. The second-order valence-electron chi connectivity index (χ2n) is 6.44. The van der Waals surface area contributed by atoms with Gasteiger partial charge in [-0.1, -0.05) is 60.7 Å². The normalized spacial score (nSPS) is 11.0. The van der Waals surface area contributed by atoms with E-state index in [-0.39, 0.29) is 12.5 Å². The molecule has 0 unspecified atom stereocenters. The number of rotatable bonds is 7. The largest absolute Gasteiger partial charge is 0.465 e. The van der Waals surface area contributed by atoms with E-state index in [0.717, 1.165) is 11.1 Å². The first kappa shape index (κ1) is 18.7. The highest BCUT2D eigenvalue weighted by molar-refractivity contribution is 5.90. The lowest BCUT2D eigenvalue weighted by Crippen LogP contribution is -2.45. The lowest BCUT2D eigenvalue weighted by Gasteiger charge is -2.32. The van der Waals surface area contributed by atoms with Crippen LogP contribution in [-0.2, 0) is 26.3 Å². The van der Waals surface area contributed by atoms with Crippen molar-refractivity contribution in [3.63, 3.8) is 0 Å². The summed E-state index contributed by atoms with van der Waals surface area (Å²) in [4.78, 5) is 26.8. The van der Waals surface area contributed by atoms with Crippen molar-refractivity contribution in [3.8, 4) is 0 Å². The molecule has 0 fully saturated rings. The fourth-order valence-electron chi connectivity index (χ4n) is 2.74. The number of carbonyl (C=O) groups excluding carboxylic acids is 2. The van der Waals surface area contributed by atoms with Crippen LogP contribution in [0.4, 0.5) is 0 Å². The number of esters is 1. The summed E-state index contributed by atoms with van der Waals surface area (Å²) in [6.45, 7) is 6.14. The molecule has 0 aliphatic rings. The zero-order valence-corrected chi connectivity index (χ0v) is 15.1. The molecule has 0 saturated carbocycles. The van der Waals surface area contributed by atoms with Gasteiger partial charge in [-0.15, -0.1) is 0 Å². The summed E-state index contributed by atoms with van der Waals surface area (Å²) < 4.78 is 5.05. The van der Waals surface area contributed by atoms with Crippen LogP contribution in [0.25, 0.3) is 0 Å². The molecule has 0 aliphatic carbocycles. The van der Waals surface area contributed by atoms with Gasteiger partial charge < -0.3 is 9.64 Å². The number of ether oxygens (including phenoxy) is 1. The molecule has 2 aromatic rings. The highest BCUT2D eigenvalue weighted by Crippen LogP contribution is 2.26. The second-order valence-corrected chi connectivity index (χ2v) is 6.44. The topological polar surface area (TPSA) is 46.6 Å². The van der Waals surface area contributed by atoms with E-state index in [0.29, 0.717) is 13.2 Å². The molecule has 2 rings (SSSR count). The van der Waals surface area contributed by atoms with Crippen LogP contribution in [-0.4, -0.2) is 29.9 Å². The molecule has 4 nitrogen and oxygen atoms in total. The Labute approximate surface area is 149 Å². The first-order valence-corrected chi connectivity index (χ1v) is 8.49. The van der Waals surface area contributed by atoms with E-state index >= 15 is 0 Å². The van der Waals surface area contributed by atoms with E-state index < -0.39 is 11.4 Å². The van der Waals surface area contributed by atoms with Gasteiger partial charge in [-0.2, -0.15) is 0 Å². The molecule has 0 atom stereocenters. The molecule has 4 heteroatoms. The van der Waals surface area contributed by atoms with Crippen molar-refractivity contribution < 1.29 is 14.3 Å². The summed E-state index contributed by atoms with van der Waals surface area (Å²) in [5.74, 6) is -0.494. The molecule has 25 heavy (non-hydrogen) atoms. The third-order valence-electron chi connectivity index (χ3n) is 4.16. The molecular formula is C21H25NO3. The third-order valence-corrected chi connectivity index (χ3v) is 4.16. The van der Waals surface area contributed by atoms with Crippen LogP contribution in [0.5, 0.6) is 0 Å². The fourth-order valence-corrected chi connectivity index (χ4v) is 2.74. The van der Waals surface area contributed by atoms with Gasteiger partial charge in [0.05, 0.1) is 12.0 Å². The van der Waals surface area contributed by atoms with Crippen LogP contribution in [0, 0.1) is 0 Å². The SMILES string of the molecule is CCOC(=O)CN(Cc1ccccc1)C(=O)C(C)(C)c1ccccc1. The Morgan fingerprint density at radius 2 is 1.52 bits per heavy atom. The summed E-state index contributed by atoms with van der Waals surface area (Å²) in [5, 5.41) is 0. The predicted octanol–water partition coefficient (Wildman–Crippen LogP) is 3.56. The van der Waals surface area contributed by atoms with Crippen molar-refractivity contribution >= 4 is 11.9 Å². The summed E-state index contributed by atoms with van der Waals surface area (Å²) in [6, 6.07) is 19.3. The van der Waals surface area contributed by atoms with E-state index in [1.807, 2.05) is 74.5 Å². The van der Waals surface area contributed by atoms with Crippen LogP contribution >= 0.6 is 0 Å². The first-order chi connectivity index (χ1) is 11.9. The Kier molecular flexibility index (Phi) is 6.34. The summed E-state index contributed by atoms with van der Waals surface area (Å²) in [6.07, 6.45) is 0. The lowest BCUT2D eigenvalue weighted by atomic mass is 9.83. The maximum atomic E-state index is 13.2. The average molecular weight is 339 g/mol.